The van der Waals surface area contributed by atoms with Crippen LogP contribution in [0.4, 0.5) is 0 Å². The van der Waals surface area contributed by atoms with Crippen LogP contribution in [-0.2, 0) is 28.7 Å². The molecular formula is C17H30NO9+. The molecule has 0 rings (SSSR count). The number of carbonyl (C=O) groups excluding carboxylic acids is 2. The molecule has 0 aromatic heterocycles. The predicted molar refractivity (Wildman–Crippen MR) is 94.0 cm³/mol. The molecule has 0 amide bonds. The van der Waals surface area contributed by atoms with Gasteiger partial charge in [0.05, 0.1) is 34.0 Å². The van der Waals surface area contributed by atoms with Crippen molar-refractivity contribution < 1.29 is 48.5 Å². The van der Waals surface area contributed by atoms with E-state index in [1.807, 2.05) is 35.0 Å². The standard InChI is InChI=1S/C12H23NO4.C5H6O5/c1-9(2)6-12(16)17-10(7-11(14)15)8-13(3,4)5;6-3(5(9)10)1-2-4(7)8/h9-10H,6-8H2,1-5H3;1-2H2,(H,7,8)(H,9,10)/p+1/t10-;/m1./s1. The Morgan fingerprint density at radius 3 is 1.70 bits per heavy atom. The molecule has 0 bridgehead atoms. The maximum atomic E-state index is 11.5. The second kappa shape index (κ2) is 12.8. The summed E-state index contributed by atoms with van der Waals surface area (Å²) in [5.41, 5.74) is 0. The Morgan fingerprint density at radius 2 is 1.37 bits per heavy atom. The summed E-state index contributed by atoms with van der Waals surface area (Å²) in [6.07, 6.45) is -1.23. The smallest absolute Gasteiger partial charge is 0.372 e. The van der Waals surface area contributed by atoms with E-state index in [4.69, 9.17) is 20.1 Å². The van der Waals surface area contributed by atoms with Crippen LogP contribution in [0.2, 0.25) is 0 Å². The second-order valence-electron chi connectivity index (χ2n) is 7.40. The summed E-state index contributed by atoms with van der Waals surface area (Å²) < 4.78 is 5.78. The average Bonchev–Trinajstić information content (AvgIpc) is 2.41. The molecule has 0 fully saturated rings. The van der Waals surface area contributed by atoms with Gasteiger partial charge in [-0.15, -0.1) is 0 Å². The Kier molecular flexibility index (Phi) is 12.7. The molecule has 0 aliphatic rings. The lowest BCUT2D eigenvalue weighted by Crippen LogP contribution is -2.43. The van der Waals surface area contributed by atoms with Crippen molar-refractivity contribution in [3.8, 4) is 0 Å². The lowest BCUT2D eigenvalue weighted by molar-refractivity contribution is -0.873. The third kappa shape index (κ3) is 19.7. The Hall–Kier alpha value is -2.49. The van der Waals surface area contributed by atoms with E-state index in [-0.39, 0.29) is 18.3 Å². The number of quaternary nitrogens is 1. The highest BCUT2D eigenvalue weighted by Gasteiger charge is 2.24. The van der Waals surface area contributed by atoms with Crippen LogP contribution < -0.4 is 0 Å². The molecule has 0 spiro atoms. The molecule has 27 heavy (non-hydrogen) atoms. The predicted octanol–water partition coefficient (Wildman–Crippen LogP) is 0.630. The third-order valence-electron chi connectivity index (χ3n) is 2.83. The number of rotatable bonds is 11. The molecule has 0 aromatic rings. The number of aliphatic carboxylic acids is 3. The average molecular weight is 392 g/mol. The van der Waals surface area contributed by atoms with Gasteiger partial charge in [-0.3, -0.25) is 19.2 Å². The molecular weight excluding hydrogens is 362 g/mol. The fraction of sp³-hybridized carbons (Fsp3) is 0.706. The van der Waals surface area contributed by atoms with Crippen molar-refractivity contribution in [3.63, 3.8) is 0 Å². The minimum atomic E-state index is -1.58. The minimum Gasteiger partial charge on any atom is -0.481 e. The summed E-state index contributed by atoms with van der Waals surface area (Å²) in [7, 11) is 5.81. The maximum Gasteiger partial charge on any atom is 0.372 e. The van der Waals surface area contributed by atoms with Gasteiger partial charge in [0.1, 0.15) is 6.54 Å². The van der Waals surface area contributed by atoms with E-state index in [1.54, 1.807) is 0 Å². The normalized spacial score (nSPS) is 11.8. The van der Waals surface area contributed by atoms with Crippen molar-refractivity contribution in [2.24, 2.45) is 5.92 Å². The zero-order valence-electron chi connectivity index (χ0n) is 16.4. The van der Waals surface area contributed by atoms with Gasteiger partial charge in [0.15, 0.2) is 6.10 Å². The number of esters is 1. The SMILES string of the molecule is CC(C)CC(=O)O[C@H](CC(=O)O)C[N+](C)(C)C.O=C(O)CCC(=O)C(=O)O. The van der Waals surface area contributed by atoms with Crippen molar-refractivity contribution in [3.05, 3.63) is 0 Å². The molecule has 0 aromatic carbocycles. The summed E-state index contributed by atoms with van der Waals surface area (Å²) >= 11 is 0. The number of ether oxygens (including phenoxy) is 1. The van der Waals surface area contributed by atoms with E-state index in [9.17, 15) is 24.0 Å². The number of nitrogens with zero attached hydrogens (tertiary/aromatic N) is 1. The molecule has 0 saturated carbocycles. The maximum absolute atomic E-state index is 11.5. The van der Waals surface area contributed by atoms with Gasteiger partial charge in [0, 0.05) is 12.8 Å². The van der Waals surface area contributed by atoms with Crippen LogP contribution in [0.3, 0.4) is 0 Å². The van der Waals surface area contributed by atoms with E-state index >= 15 is 0 Å². The number of carbonyl (C=O) groups is 5. The van der Waals surface area contributed by atoms with Gasteiger partial charge in [-0.05, 0) is 5.92 Å². The number of likely N-dealkylation sites (N-methyl/N-ethyl adjacent to an activating group) is 1. The molecule has 0 unspecified atom stereocenters. The third-order valence-corrected chi connectivity index (χ3v) is 2.83. The van der Waals surface area contributed by atoms with E-state index in [0.717, 1.165) is 0 Å². The molecule has 0 radical (unpaired) electrons. The van der Waals surface area contributed by atoms with Crippen molar-refractivity contribution in [2.45, 2.75) is 45.6 Å². The van der Waals surface area contributed by atoms with Crippen LogP contribution in [0.15, 0.2) is 0 Å². The molecule has 156 valence electrons. The van der Waals surface area contributed by atoms with Crippen molar-refractivity contribution in [1.29, 1.82) is 0 Å². The fourth-order valence-electron chi connectivity index (χ4n) is 1.84. The van der Waals surface area contributed by atoms with Crippen LogP contribution in [0.25, 0.3) is 0 Å². The number of hydrogen-bond acceptors (Lipinski definition) is 6. The summed E-state index contributed by atoms with van der Waals surface area (Å²) in [6.45, 7) is 4.34. The number of ketones is 1. The first kappa shape index (κ1) is 26.7. The van der Waals surface area contributed by atoms with Crippen LogP contribution in [0.1, 0.15) is 39.5 Å². The highest BCUT2D eigenvalue weighted by Crippen LogP contribution is 2.09. The monoisotopic (exact) mass is 392 g/mol. The summed E-state index contributed by atoms with van der Waals surface area (Å²) in [6, 6.07) is 0. The van der Waals surface area contributed by atoms with Crippen molar-refractivity contribution in [1.82, 2.24) is 0 Å². The lowest BCUT2D eigenvalue weighted by Gasteiger charge is -2.28. The van der Waals surface area contributed by atoms with Crippen LogP contribution in [-0.4, -0.2) is 83.3 Å². The van der Waals surface area contributed by atoms with Gasteiger partial charge in [-0.2, -0.15) is 0 Å². The zero-order chi connectivity index (χ0) is 21.8. The van der Waals surface area contributed by atoms with Gasteiger partial charge < -0.3 is 24.5 Å². The summed E-state index contributed by atoms with van der Waals surface area (Å²) in [5, 5.41) is 24.7. The van der Waals surface area contributed by atoms with E-state index in [2.05, 4.69) is 0 Å². The van der Waals surface area contributed by atoms with Gasteiger partial charge in [-0.1, -0.05) is 13.8 Å². The van der Waals surface area contributed by atoms with Crippen LogP contribution in [0, 0.1) is 5.92 Å². The number of carboxylic acid groups (broad SMARTS) is 3. The van der Waals surface area contributed by atoms with Gasteiger partial charge in [0.25, 0.3) is 0 Å². The first-order valence-electron chi connectivity index (χ1n) is 8.33. The number of hydrogen-bond donors (Lipinski definition) is 3. The van der Waals surface area contributed by atoms with Gasteiger partial charge >= 0.3 is 23.9 Å². The van der Waals surface area contributed by atoms with Crippen molar-refractivity contribution in [2.75, 3.05) is 27.7 Å². The molecule has 3 N–H and O–H groups in total. The first-order valence-corrected chi connectivity index (χ1v) is 8.33. The Bertz CT molecular complexity index is 535. The minimum absolute atomic E-state index is 0.140. The topological polar surface area (TPSA) is 155 Å². The van der Waals surface area contributed by atoms with Crippen LogP contribution in [0.5, 0.6) is 0 Å². The number of carboxylic acids is 3. The van der Waals surface area contributed by atoms with E-state index < -0.39 is 42.6 Å². The molecule has 10 heteroatoms. The quantitative estimate of drug-likeness (QED) is 0.261. The largest absolute Gasteiger partial charge is 0.481 e. The zero-order valence-corrected chi connectivity index (χ0v) is 16.4. The molecule has 0 saturated heterocycles. The van der Waals surface area contributed by atoms with Crippen LogP contribution >= 0.6 is 0 Å². The molecule has 0 aliphatic carbocycles. The molecule has 0 aliphatic heterocycles. The lowest BCUT2D eigenvalue weighted by atomic mass is 10.1. The highest BCUT2D eigenvalue weighted by atomic mass is 16.5. The highest BCUT2D eigenvalue weighted by molar-refractivity contribution is 6.32. The van der Waals surface area contributed by atoms with Gasteiger partial charge in [0.2, 0.25) is 5.78 Å². The molecule has 10 nitrogen and oxygen atoms in total. The van der Waals surface area contributed by atoms with E-state index in [0.29, 0.717) is 17.4 Å². The van der Waals surface area contributed by atoms with Crippen molar-refractivity contribution >= 4 is 29.7 Å². The summed E-state index contributed by atoms with van der Waals surface area (Å²) in [5.74, 6) is -4.86. The fourth-order valence-corrected chi connectivity index (χ4v) is 1.84. The summed E-state index contributed by atoms with van der Waals surface area (Å²) in [4.78, 5) is 51.9. The van der Waals surface area contributed by atoms with Gasteiger partial charge in [-0.25, -0.2) is 4.79 Å². The molecule has 1 atom stereocenters. The Labute approximate surface area is 158 Å². The first-order chi connectivity index (χ1) is 12.1. The Morgan fingerprint density at radius 1 is 0.852 bits per heavy atom. The Balaban J connectivity index is 0. The number of Topliss-reactive ketones (excluding diaryl/α,β-unsaturated/α-hetero) is 1. The van der Waals surface area contributed by atoms with E-state index in [1.165, 1.54) is 0 Å². The second-order valence-corrected chi connectivity index (χ2v) is 7.40. The molecule has 0 heterocycles.